The zero-order valence-electron chi connectivity index (χ0n) is 14.5. The van der Waals surface area contributed by atoms with Gasteiger partial charge in [0, 0.05) is 17.8 Å². The molecule has 0 radical (unpaired) electrons. The van der Waals surface area contributed by atoms with Gasteiger partial charge in [-0.3, -0.25) is 9.59 Å². The Morgan fingerprint density at radius 3 is 2.42 bits per heavy atom. The number of carbonyl (C=O) groups excluding carboxylic acids is 2. The molecule has 6 nitrogen and oxygen atoms in total. The third kappa shape index (κ3) is 4.80. The Kier molecular flexibility index (Phi) is 5.43. The lowest BCUT2D eigenvalue weighted by Gasteiger charge is -2.08. The van der Waals surface area contributed by atoms with Crippen molar-refractivity contribution in [3.05, 3.63) is 77.9 Å². The summed E-state index contributed by atoms with van der Waals surface area (Å²) in [6, 6.07) is 16.9. The van der Waals surface area contributed by atoms with Gasteiger partial charge in [0.05, 0.1) is 6.20 Å². The van der Waals surface area contributed by atoms with Crippen molar-refractivity contribution in [1.29, 1.82) is 0 Å². The molecule has 2 aromatic carbocycles. The van der Waals surface area contributed by atoms with Gasteiger partial charge < -0.3 is 15.6 Å². The van der Waals surface area contributed by atoms with Gasteiger partial charge in [0.1, 0.15) is 11.5 Å². The van der Waals surface area contributed by atoms with Crippen LogP contribution in [0.2, 0.25) is 0 Å². The third-order valence-corrected chi connectivity index (χ3v) is 3.84. The summed E-state index contributed by atoms with van der Waals surface area (Å²) in [6.45, 7) is 1.78. The molecule has 132 valence electrons. The van der Waals surface area contributed by atoms with Crippen LogP contribution in [-0.2, 0) is 11.2 Å². The predicted octanol–water partition coefficient (Wildman–Crippen LogP) is 3.54. The van der Waals surface area contributed by atoms with E-state index in [0.717, 1.165) is 5.56 Å². The minimum absolute atomic E-state index is 0.0680. The minimum atomic E-state index is -0.279. The lowest BCUT2D eigenvalue weighted by Crippen LogP contribution is -2.14. The first-order valence-electron chi connectivity index (χ1n) is 8.37. The molecule has 1 heterocycles. The van der Waals surface area contributed by atoms with E-state index in [9.17, 15) is 9.59 Å². The van der Waals surface area contributed by atoms with Crippen molar-refractivity contribution in [3.63, 3.8) is 0 Å². The second kappa shape index (κ2) is 8.11. The van der Waals surface area contributed by atoms with Crippen LogP contribution in [-0.4, -0.2) is 21.8 Å². The lowest BCUT2D eigenvalue weighted by atomic mass is 10.1. The molecular weight excluding hydrogens is 328 g/mol. The fourth-order valence-electron chi connectivity index (χ4n) is 2.54. The third-order valence-electron chi connectivity index (χ3n) is 3.84. The number of anilines is 2. The van der Waals surface area contributed by atoms with E-state index in [1.807, 2.05) is 30.3 Å². The summed E-state index contributed by atoms with van der Waals surface area (Å²) in [6.07, 6.45) is 2.57. The summed E-state index contributed by atoms with van der Waals surface area (Å²) in [5, 5.41) is 5.64. The molecule has 0 saturated heterocycles. The van der Waals surface area contributed by atoms with Crippen LogP contribution in [0.5, 0.6) is 0 Å². The molecule has 0 aliphatic rings. The van der Waals surface area contributed by atoms with Crippen LogP contribution in [0.1, 0.15) is 28.3 Å². The Balaban J connectivity index is 1.56. The second-order valence-corrected chi connectivity index (χ2v) is 5.95. The van der Waals surface area contributed by atoms with Crippen molar-refractivity contribution in [2.75, 3.05) is 10.6 Å². The molecule has 0 aliphatic carbocycles. The van der Waals surface area contributed by atoms with Gasteiger partial charge in [-0.1, -0.05) is 36.4 Å². The number of hydrogen-bond donors (Lipinski definition) is 3. The van der Waals surface area contributed by atoms with Gasteiger partial charge in [-0.2, -0.15) is 0 Å². The number of amides is 2. The smallest absolute Gasteiger partial charge is 0.273 e. The summed E-state index contributed by atoms with van der Waals surface area (Å²) in [4.78, 5) is 31.2. The maximum Gasteiger partial charge on any atom is 0.273 e. The van der Waals surface area contributed by atoms with Crippen LogP contribution in [0.4, 0.5) is 11.4 Å². The van der Waals surface area contributed by atoms with Crippen molar-refractivity contribution in [3.8, 4) is 0 Å². The van der Waals surface area contributed by atoms with Crippen molar-refractivity contribution < 1.29 is 9.59 Å². The first-order chi connectivity index (χ1) is 12.6. The van der Waals surface area contributed by atoms with E-state index < -0.39 is 0 Å². The number of aromatic nitrogens is 2. The van der Waals surface area contributed by atoms with Crippen LogP contribution in [0.15, 0.2) is 60.8 Å². The lowest BCUT2D eigenvalue weighted by molar-refractivity contribution is -0.116. The summed E-state index contributed by atoms with van der Waals surface area (Å²) < 4.78 is 0. The van der Waals surface area contributed by atoms with E-state index in [1.54, 1.807) is 31.2 Å². The van der Waals surface area contributed by atoms with E-state index in [1.165, 1.54) is 6.20 Å². The number of benzene rings is 2. The number of nitrogens with zero attached hydrogens (tertiary/aromatic N) is 1. The first-order valence-corrected chi connectivity index (χ1v) is 8.37. The average molecular weight is 348 g/mol. The number of aromatic amines is 1. The number of aryl methyl sites for hydroxylation is 2. The average Bonchev–Trinajstić information content (AvgIpc) is 3.08. The second-order valence-electron chi connectivity index (χ2n) is 5.95. The zero-order valence-corrected chi connectivity index (χ0v) is 14.5. The van der Waals surface area contributed by atoms with Gasteiger partial charge in [-0.15, -0.1) is 0 Å². The molecule has 0 spiro atoms. The molecule has 3 N–H and O–H groups in total. The predicted molar refractivity (Wildman–Crippen MR) is 101 cm³/mol. The quantitative estimate of drug-likeness (QED) is 0.637. The molecule has 6 heteroatoms. The van der Waals surface area contributed by atoms with Crippen LogP contribution >= 0.6 is 0 Å². The van der Waals surface area contributed by atoms with Crippen molar-refractivity contribution in [2.45, 2.75) is 19.8 Å². The van der Waals surface area contributed by atoms with E-state index >= 15 is 0 Å². The number of nitrogens with one attached hydrogen (secondary N) is 3. The number of carbonyl (C=O) groups is 2. The highest BCUT2D eigenvalue weighted by Gasteiger charge is 2.09. The van der Waals surface area contributed by atoms with Gasteiger partial charge in [0.15, 0.2) is 0 Å². The summed E-state index contributed by atoms with van der Waals surface area (Å²) in [7, 11) is 0. The highest BCUT2D eigenvalue weighted by Crippen LogP contribution is 2.16. The molecule has 3 aromatic rings. The van der Waals surface area contributed by atoms with Gasteiger partial charge in [0.25, 0.3) is 5.91 Å². The fraction of sp³-hybridized carbons (Fsp3) is 0.150. The van der Waals surface area contributed by atoms with Crippen molar-refractivity contribution in [1.82, 2.24) is 9.97 Å². The maximum atomic E-state index is 12.2. The number of rotatable bonds is 6. The first kappa shape index (κ1) is 17.4. The largest absolute Gasteiger partial charge is 0.338 e. The number of imidazole rings is 1. The molecule has 26 heavy (non-hydrogen) atoms. The molecule has 2 amide bonds. The Hall–Kier alpha value is -3.41. The van der Waals surface area contributed by atoms with Gasteiger partial charge >= 0.3 is 0 Å². The zero-order chi connectivity index (χ0) is 18.4. The van der Waals surface area contributed by atoms with Crippen LogP contribution in [0.25, 0.3) is 0 Å². The molecule has 0 bridgehead atoms. The standard InChI is InChI=1S/C20H20N4O2/c1-14-21-13-18(22-14)20(26)24-17-9-5-8-16(12-17)23-19(25)11-10-15-6-3-2-4-7-15/h2-9,12-13H,10-11H2,1H3,(H,21,22)(H,23,25)(H,24,26). The molecule has 3 rings (SSSR count). The fourth-order valence-corrected chi connectivity index (χ4v) is 2.54. The maximum absolute atomic E-state index is 12.2. The Bertz CT molecular complexity index is 903. The van der Waals surface area contributed by atoms with E-state index in [4.69, 9.17) is 0 Å². The summed E-state index contributed by atoms with van der Waals surface area (Å²) in [5.41, 5.74) is 2.75. The van der Waals surface area contributed by atoms with Gasteiger partial charge in [0.2, 0.25) is 5.91 Å². The molecule has 0 fully saturated rings. The van der Waals surface area contributed by atoms with Crippen molar-refractivity contribution in [2.24, 2.45) is 0 Å². The highest BCUT2D eigenvalue weighted by molar-refractivity contribution is 6.03. The highest BCUT2D eigenvalue weighted by atomic mass is 16.2. The number of H-pyrrole nitrogens is 1. The summed E-state index contributed by atoms with van der Waals surface area (Å²) >= 11 is 0. The van der Waals surface area contributed by atoms with Crippen LogP contribution in [0, 0.1) is 6.92 Å². The monoisotopic (exact) mass is 348 g/mol. The molecule has 0 saturated carbocycles. The molecule has 1 aromatic heterocycles. The molecular formula is C20H20N4O2. The minimum Gasteiger partial charge on any atom is -0.338 e. The van der Waals surface area contributed by atoms with Gasteiger partial charge in [-0.25, -0.2) is 4.98 Å². The van der Waals surface area contributed by atoms with Crippen molar-refractivity contribution >= 4 is 23.2 Å². The Labute approximate surface area is 151 Å². The van der Waals surface area contributed by atoms with E-state index in [-0.39, 0.29) is 11.8 Å². The molecule has 0 aliphatic heterocycles. The van der Waals surface area contributed by atoms with E-state index in [0.29, 0.717) is 35.7 Å². The summed E-state index contributed by atoms with van der Waals surface area (Å²) in [5.74, 6) is 0.328. The molecule has 0 unspecified atom stereocenters. The Morgan fingerprint density at radius 2 is 1.73 bits per heavy atom. The van der Waals surface area contributed by atoms with Crippen LogP contribution < -0.4 is 10.6 Å². The van der Waals surface area contributed by atoms with Gasteiger partial charge in [-0.05, 0) is 37.1 Å². The van der Waals surface area contributed by atoms with E-state index in [2.05, 4.69) is 20.6 Å². The topological polar surface area (TPSA) is 86.9 Å². The SMILES string of the molecule is Cc1ncc(C(=O)Nc2cccc(NC(=O)CCc3ccccc3)c2)[nH]1. The van der Waals surface area contributed by atoms with Crippen LogP contribution in [0.3, 0.4) is 0 Å². The normalized spacial score (nSPS) is 10.3. The number of hydrogen-bond acceptors (Lipinski definition) is 3. The Morgan fingerprint density at radius 1 is 1.00 bits per heavy atom. The molecule has 0 atom stereocenters.